The topological polar surface area (TPSA) is 109 Å². The van der Waals surface area contributed by atoms with Gasteiger partial charge in [0.05, 0.1) is 24.0 Å². The fraction of sp³-hybridized carbons (Fsp3) is 0.333. The van der Waals surface area contributed by atoms with Crippen molar-refractivity contribution in [2.24, 2.45) is 0 Å². The molecule has 2 N–H and O–H groups in total. The van der Waals surface area contributed by atoms with Crippen LogP contribution < -0.4 is 10.6 Å². The first-order valence-corrected chi connectivity index (χ1v) is 11.6. The summed E-state index contributed by atoms with van der Waals surface area (Å²) in [6.45, 7) is 2.34. The van der Waals surface area contributed by atoms with E-state index in [1.54, 1.807) is 37.0 Å². The highest BCUT2D eigenvalue weighted by molar-refractivity contribution is 7.89. The third-order valence-corrected chi connectivity index (χ3v) is 7.01. The highest BCUT2D eigenvalue weighted by atomic mass is 32.2. The molecule has 0 atom stereocenters. The lowest BCUT2D eigenvalue weighted by Gasteiger charge is -2.17. The molecular formula is C21H25N5O4S. The summed E-state index contributed by atoms with van der Waals surface area (Å²) < 4.78 is 34.9. The van der Waals surface area contributed by atoms with Crippen molar-refractivity contribution in [1.29, 1.82) is 0 Å². The van der Waals surface area contributed by atoms with Gasteiger partial charge >= 0.3 is 0 Å². The molecule has 1 aliphatic heterocycles. The largest absolute Gasteiger partial charge is 0.467 e. The van der Waals surface area contributed by atoms with E-state index in [0.717, 1.165) is 12.8 Å². The highest BCUT2D eigenvalue weighted by Gasteiger charge is 2.28. The maximum absolute atomic E-state index is 13.1. The van der Waals surface area contributed by atoms with E-state index in [9.17, 15) is 13.2 Å². The number of hydrogen-bond acceptors (Lipinski definition) is 6. The predicted molar refractivity (Wildman–Crippen MR) is 115 cm³/mol. The van der Waals surface area contributed by atoms with Crippen LogP contribution in [-0.4, -0.2) is 47.8 Å². The lowest BCUT2D eigenvalue weighted by molar-refractivity contribution is 0.0952. The number of hydrogen-bond donors (Lipinski definition) is 2. The summed E-state index contributed by atoms with van der Waals surface area (Å²) in [5.41, 5.74) is 0.823. The van der Waals surface area contributed by atoms with E-state index in [1.807, 2.05) is 16.8 Å². The Kier molecular flexibility index (Phi) is 6.38. The highest BCUT2D eigenvalue weighted by Crippen LogP contribution is 2.25. The van der Waals surface area contributed by atoms with Gasteiger partial charge in [-0.25, -0.2) is 13.4 Å². The number of furan rings is 1. The number of rotatable bonds is 9. The van der Waals surface area contributed by atoms with E-state index >= 15 is 0 Å². The second kappa shape index (κ2) is 9.36. The van der Waals surface area contributed by atoms with Gasteiger partial charge in [0.25, 0.3) is 5.91 Å². The van der Waals surface area contributed by atoms with Gasteiger partial charge in [0, 0.05) is 49.8 Å². The zero-order valence-corrected chi connectivity index (χ0v) is 17.8. The van der Waals surface area contributed by atoms with Crippen LogP contribution in [0, 0.1) is 0 Å². The Bertz CT molecular complexity index is 1100. The third kappa shape index (κ3) is 5.15. The molecule has 164 valence electrons. The normalized spacial score (nSPS) is 14.6. The lowest BCUT2D eigenvalue weighted by atomic mass is 10.2. The van der Waals surface area contributed by atoms with Gasteiger partial charge in [0.15, 0.2) is 0 Å². The minimum atomic E-state index is -3.67. The molecule has 0 radical (unpaired) electrons. The summed E-state index contributed by atoms with van der Waals surface area (Å²) in [5, 5.41) is 5.99. The number of sulfonamides is 1. The lowest BCUT2D eigenvalue weighted by Crippen LogP contribution is -2.29. The third-order valence-electron chi connectivity index (χ3n) is 5.13. The van der Waals surface area contributed by atoms with Gasteiger partial charge in [-0.3, -0.25) is 4.79 Å². The number of anilines is 1. The van der Waals surface area contributed by atoms with Crippen LogP contribution in [0.3, 0.4) is 0 Å². The Morgan fingerprint density at radius 1 is 1.19 bits per heavy atom. The molecule has 31 heavy (non-hydrogen) atoms. The molecule has 1 aromatic carbocycles. The van der Waals surface area contributed by atoms with Crippen molar-refractivity contribution in [2.45, 2.75) is 30.8 Å². The van der Waals surface area contributed by atoms with Gasteiger partial charge in [0.2, 0.25) is 10.0 Å². The van der Waals surface area contributed by atoms with Gasteiger partial charge in [-0.15, -0.1) is 0 Å². The van der Waals surface area contributed by atoms with Crippen LogP contribution in [0.5, 0.6) is 0 Å². The minimum Gasteiger partial charge on any atom is -0.467 e. The zero-order chi connectivity index (χ0) is 21.7. The van der Waals surface area contributed by atoms with Gasteiger partial charge < -0.3 is 19.6 Å². The summed E-state index contributed by atoms with van der Waals surface area (Å²) in [6, 6.07) is 8.27. The fourth-order valence-corrected chi connectivity index (χ4v) is 5.07. The molecule has 9 nitrogen and oxygen atoms in total. The fourth-order valence-electron chi connectivity index (χ4n) is 3.48. The van der Waals surface area contributed by atoms with Gasteiger partial charge in [-0.1, -0.05) is 0 Å². The standard InChI is InChI=1S/C21H25N5O4S/c27-21(23-6-10-25-9-5-22-16-25)17-12-18(24-15-19-4-3-11-30-19)14-20(13-17)31(28,29)26-7-1-2-8-26/h3-5,9,11-14,16,24H,1-2,6-8,10,15H2,(H,23,27). The monoisotopic (exact) mass is 443 g/mol. The number of nitrogens with one attached hydrogen (secondary N) is 2. The van der Waals surface area contributed by atoms with Crippen LogP contribution in [0.15, 0.2) is 64.6 Å². The maximum atomic E-state index is 13.1. The number of aromatic nitrogens is 2. The Morgan fingerprint density at radius 2 is 2.03 bits per heavy atom. The van der Waals surface area contributed by atoms with Gasteiger partial charge in [-0.05, 0) is 43.2 Å². The van der Waals surface area contributed by atoms with E-state index in [4.69, 9.17) is 4.42 Å². The number of imidazole rings is 1. The van der Waals surface area contributed by atoms with E-state index in [-0.39, 0.29) is 16.4 Å². The molecular weight excluding hydrogens is 418 g/mol. The first-order chi connectivity index (χ1) is 15.0. The molecule has 0 spiro atoms. The van der Waals surface area contributed by atoms with Crippen molar-refractivity contribution in [1.82, 2.24) is 19.2 Å². The van der Waals surface area contributed by atoms with Crippen LogP contribution in [0.1, 0.15) is 29.0 Å². The molecule has 2 aromatic heterocycles. The van der Waals surface area contributed by atoms with E-state index in [2.05, 4.69) is 15.6 Å². The Morgan fingerprint density at radius 3 is 2.74 bits per heavy atom. The maximum Gasteiger partial charge on any atom is 0.251 e. The van der Waals surface area contributed by atoms with Crippen molar-refractivity contribution in [3.8, 4) is 0 Å². The van der Waals surface area contributed by atoms with E-state index in [0.29, 0.717) is 44.2 Å². The first kappa shape index (κ1) is 21.1. The van der Waals surface area contributed by atoms with Crippen molar-refractivity contribution in [3.63, 3.8) is 0 Å². The summed E-state index contributed by atoms with van der Waals surface area (Å²) in [7, 11) is -3.67. The number of carbonyl (C=O) groups is 1. The Labute approximate surface area is 181 Å². The molecule has 0 unspecified atom stereocenters. The molecule has 0 saturated carbocycles. The van der Waals surface area contributed by atoms with Crippen LogP contribution >= 0.6 is 0 Å². The molecule has 0 bridgehead atoms. The summed E-state index contributed by atoms with van der Waals surface area (Å²) in [5.74, 6) is 0.374. The van der Waals surface area contributed by atoms with Crippen molar-refractivity contribution in [3.05, 3.63) is 66.6 Å². The number of amides is 1. The minimum absolute atomic E-state index is 0.110. The second-order valence-electron chi connectivity index (χ2n) is 7.35. The smallest absolute Gasteiger partial charge is 0.251 e. The number of nitrogens with zero attached hydrogens (tertiary/aromatic N) is 3. The van der Waals surface area contributed by atoms with E-state index < -0.39 is 10.0 Å². The quantitative estimate of drug-likeness (QED) is 0.525. The Balaban J connectivity index is 1.54. The molecule has 1 aliphatic rings. The zero-order valence-electron chi connectivity index (χ0n) is 17.0. The molecule has 3 aromatic rings. The van der Waals surface area contributed by atoms with Crippen molar-refractivity contribution in [2.75, 3.05) is 25.0 Å². The molecule has 0 aliphatic carbocycles. The molecule has 3 heterocycles. The van der Waals surface area contributed by atoms with Crippen molar-refractivity contribution < 1.29 is 17.6 Å². The van der Waals surface area contributed by atoms with Crippen LogP contribution in [0.25, 0.3) is 0 Å². The molecule has 1 saturated heterocycles. The molecule has 1 amide bonds. The second-order valence-corrected chi connectivity index (χ2v) is 9.28. The number of benzene rings is 1. The average molecular weight is 444 g/mol. The summed E-state index contributed by atoms with van der Waals surface area (Å²) in [6.07, 6.45) is 8.42. The number of carbonyl (C=O) groups excluding carboxylic acids is 1. The summed E-state index contributed by atoms with van der Waals surface area (Å²) in [4.78, 5) is 16.8. The van der Waals surface area contributed by atoms with Gasteiger partial charge in [0.1, 0.15) is 5.76 Å². The van der Waals surface area contributed by atoms with Crippen LogP contribution in [-0.2, 0) is 23.1 Å². The molecule has 4 rings (SSSR count). The predicted octanol–water partition coefficient (Wildman–Crippen LogP) is 2.30. The summed E-state index contributed by atoms with van der Waals surface area (Å²) >= 11 is 0. The first-order valence-electron chi connectivity index (χ1n) is 10.2. The van der Waals surface area contributed by atoms with Crippen LogP contribution in [0.4, 0.5) is 5.69 Å². The molecule has 10 heteroatoms. The van der Waals surface area contributed by atoms with Crippen molar-refractivity contribution >= 4 is 21.6 Å². The van der Waals surface area contributed by atoms with Crippen LogP contribution in [0.2, 0.25) is 0 Å². The average Bonchev–Trinajstić information content (AvgIpc) is 3.55. The Hall–Kier alpha value is -3.11. The molecule has 1 fully saturated rings. The SMILES string of the molecule is O=C(NCCn1ccnc1)c1cc(NCc2ccco2)cc(S(=O)(=O)N2CCCC2)c1. The van der Waals surface area contributed by atoms with Gasteiger partial charge in [-0.2, -0.15) is 4.31 Å². The van der Waals surface area contributed by atoms with E-state index in [1.165, 1.54) is 10.4 Å².